The zero-order valence-electron chi connectivity index (χ0n) is 10.1. The first-order chi connectivity index (χ1) is 9.24. The van der Waals surface area contributed by atoms with E-state index < -0.39 is 0 Å². The zero-order valence-corrected chi connectivity index (χ0v) is 11.7. The number of anilines is 1. The van der Waals surface area contributed by atoms with Crippen LogP contribution in [0.25, 0.3) is 6.08 Å². The number of aryl methyl sites for hydroxylation is 1. The number of nitrogens with one attached hydrogen (secondary N) is 2. The molecule has 1 aromatic carbocycles. The van der Waals surface area contributed by atoms with Crippen LogP contribution >= 0.6 is 15.9 Å². The van der Waals surface area contributed by atoms with Gasteiger partial charge in [0.2, 0.25) is 0 Å². The van der Waals surface area contributed by atoms with Crippen molar-refractivity contribution in [2.24, 2.45) is 0 Å². The number of benzene rings is 1. The molecule has 0 saturated heterocycles. The highest BCUT2D eigenvalue weighted by Gasteiger charge is 2.19. The van der Waals surface area contributed by atoms with Gasteiger partial charge in [-0.1, -0.05) is 28.1 Å². The van der Waals surface area contributed by atoms with Crippen LogP contribution in [0, 0.1) is 0 Å². The van der Waals surface area contributed by atoms with E-state index in [-0.39, 0.29) is 5.91 Å². The number of allylic oxidation sites excluding steroid dienone is 1. The summed E-state index contributed by atoms with van der Waals surface area (Å²) in [5.41, 5.74) is 3.14. The second-order valence-corrected chi connectivity index (χ2v) is 5.28. The number of carbonyl (C=O) groups is 1. The summed E-state index contributed by atoms with van der Waals surface area (Å²) in [6, 6.07) is 7.46. The first-order valence-corrected chi connectivity index (χ1v) is 6.84. The lowest BCUT2D eigenvalue weighted by Gasteiger charge is -2.06. The van der Waals surface area contributed by atoms with E-state index in [0.29, 0.717) is 5.69 Å². The van der Waals surface area contributed by atoms with Gasteiger partial charge in [0, 0.05) is 21.4 Å². The molecule has 0 fully saturated rings. The van der Waals surface area contributed by atoms with Crippen molar-refractivity contribution in [2.75, 3.05) is 5.32 Å². The summed E-state index contributed by atoms with van der Waals surface area (Å²) in [5, 5.41) is 9.89. The van der Waals surface area contributed by atoms with Crippen LogP contribution in [0.5, 0.6) is 0 Å². The molecule has 0 atom stereocenters. The molecule has 19 heavy (non-hydrogen) atoms. The number of carbonyl (C=O) groups excluding carboxylic acids is 1. The number of hydrogen-bond donors (Lipinski definition) is 2. The van der Waals surface area contributed by atoms with Gasteiger partial charge in [-0.15, -0.1) is 0 Å². The van der Waals surface area contributed by atoms with E-state index in [2.05, 4.69) is 37.5 Å². The van der Waals surface area contributed by atoms with Gasteiger partial charge in [0.15, 0.2) is 5.69 Å². The second kappa shape index (κ2) is 5.01. The summed E-state index contributed by atoms with van der Waals surface area (Å²) in [5.74, 6) is -0.189. The highest BCUT2D eigenvalue weighted by Crippen LogP contribution is 2.21. The van der Waals surface area contributed by atoms with Crippen LogP contribution in [-0.2, 0) is 6.42 Å². The van der Waals surface area contributed by atoms with Gasteiger partial charge in [-0.05, 0) is 37.1 Å². The van der Waals surface area contributed by atoms with Crippen molar-refractivity contribution in [1.29, 1.82) is 0 Å². The maximum atomic E-state index is 12.2. The molecule has 2 aromatic rings. The number of halogens is 1. The van der Waals surface area contributed by atoms with Crippen LogP contribution in [-0.4, -0.2) is 16.1 Å². The molecule has 0 unspecified atom stereocenters. The fourth-order valence-electron chi connectivity index (χ4n) is 2.08. The standard InChI is InChI=1S/C14H12BrN3O/c15-9-5-7-10(8-6-9)16-14(19)13-11-3-1-2-4-12(11)17-18-13/h1,3,5-8H,2,4H2,(H,16,19)(H,17,18). The van der Waals surface area contributed by atoms with Gasteiger partial charge < -0.3 is 5.32 Å². The lowest BCUT2D eigenvalue weighted by molar-refractivity contribution is 0.102. The number of aromatic nitrogens is 2. The van der Waals surface area contributed by atoms with Gasteiger partial charge in [-0.2, -0.15) is 5.10 Å². The fraction of sp³-hybridized carbons (Fsp3) is 0.143. The van der Waals surface area contributed by atoms with Gasteiger partial charge in [-0.25, -0.2) is 0 Å². The van der Waals surface area contributed by atoms with Gasteiger partial charge in [0.05, 0.1) is 0 Å². The summed E-state index contributed by atoms with van der Waals surface area (Å²) in [6.07, 6.45) is 5.92. The molecule has 4 nitrogen and oxygen atoms in total. The number of H-pyrrole nitrogens is 1. The highest BCUT2D eigenvalue weighted by atomic mass is 79.9. The Morgan fingerprint density at radius 3 is 2.89 bits per heavy atom. The molecule has 2 N–H and O–H groups in total. The van der Waals surface area contributed by atoms with Gasteiger partial charge in [-0.3, -0.25) is 9.89 Å². The van der Waals surface area contributed by atoms with Crippen molar-refractivity contribution < 1.29 is 4.79 Å². The number of fused-ring (bicyclic) bond motifs is 1. The molecular weight excluding hydrogens is 306 g/mol. The Morgan fingerprint density at radius 1 is 1.32 bits per heavy atom. The van der Waals surface area contributed by atoms with Crippen molar-refractivity contribution in [1.82, 2.24) is 10.2 Å². The summed E-state index contributed by atoms with van der Waals surface area (Å²) >= 11 is 3.36. The topological polar surface area (TPSA) is 57.8 Å². The lowest BCUT2D eigenvalue weighted by Crippen LogP contribution is -2.14. The number of aromatic amines is 1. The number of hydrogen-bond acceptors (Lipinski definition) is 2. The van der Waals surface area contributed by atoms with Gasteiger partial charge in [0.25, 0.3) is 5.91 Å². The molecular formula is C14H12BrN3O. The Bertz CT molecular complexity index is 643. The summed E-state index contributed by atoms with van der Waals surface area (Å²) in [6.45, 7) is 0. The molecule has 3 rings (SSSR count). The highest BCUT2D eigenvalue weighted by molar-refractivity contribution is 9.10. The third kappa shape index (κ3) is 2.46. The van der Waals surface area contributed by atoms with E-state index in [1.54, 1.807) is 0 Å². The first kappa shape index (κ1) is 12.2. The predicted molar refractivity (Wildman–Crippen MR) is 78.0 cm³/mol. The molecule has 0 radical (unpaired) electrons. The molecule has 0 saturated carbocycles. The van der Waals surface area contributed by atoms with Crippen LogP contribution in [0.2, 0.25) is 0 Å². The monoisotopic (exact) mass is 317 g/mol. The third-order valence-corrected chi connectivity index (χ3v) is 3.57. The second-order valence-electron chi connectivity index (χ2n) is 4.37. The Kier molecular flexibility index (Phi) is 3.21. The summed E-state index contributed by atoms with van der Waals surface area (Å²) in [4.78, 5) is 12.2. The maximum absolute atomic E-state index is 12.2. The van der Waals surface area contributed by atoms with E-state index >= 15 is 0 Å². The lowest BCUT2D eigenvalue weighted by atomic mass is 10.0. The molecule has 0 aliphatic heterocycles. The van der Waals surface area contributed by atoms with Crippen molar-refractivity contribution in [3.05, 3.63) is 51.8 Å². The van der Waals surface area contributed by atoms with Gasteiger partial charge in [0.1, 0.15) is 0 Å². The Morgan fingerprint density at radius 2 is 2.11 bits per heavy atom. The van der Waals surface area contributed by atoms with E-state index in [9.17, 15) is 4.79 Å². The smallest absolute Gasteiger partial charge is 0.276 e. The molecule has 5 heteroatoms. The minimum Gasteiger partial charge on any atom is -0.321 e. The normalized spacial score (nSPS) is 13.1. The minimum absolute atomic E-state index is 0.189. The van der Waals surface area contributed by atoms with E-state index in [0.717, 1.165) is 34.3 Å². The predicted octanol–water partition coefficient (Wildman–Crippen LogP) is 3.38. The number of rotatable bonds is 2. The molecule has 1 aliphatic rings. The third-order valence-electron chi connectivity index (χ3n) is 3.05. The summed E-state index contributed by atoms with van der Waals surface area (Å²) in [7, 11) is 0. The molecule has 96 valence electrons. The van der Waals surface area contributed by atoms with Crippen LogP contribution in [0.1, 0.15) is 28.2 Å². The molecule has 0 bridgehead atoms. The number of amides is 1. The van der Waals surface area contributed by atoms with E-state index in [1.807, 2.05) is 30.3 Å². The average Bonchev–Trinajstić information content (AvgIpc) is 2.85. The minimum atomic E-state index is -0.189. The van der Waals surface area contributed by atoms with E-state index in [1.165, 1.54) is 0 Å². The van der Waals surface area contributed by atoms with Crippen LogP contribution in [0.4, 0.5) is 5.69 Å². The van der Waals surface area contributed by atoms with Crippen molar-refractivity contribution in [3.8, 4) is 0 Å². The molecule has 1 heterocycles. The largest absolute Gasteiger partial charge is 0.321 e. The summed E-state index contributed by atoms with van der Waals surface area (Å²) < 4.78 is 0.977. The Hall–Kier alpha value is -1.88. The zero-order chi connectivity index (χ0) is 13.2. The Labute approximate surface area is 119 Å². The quantitative estimate of drug-likeness (QED) is 0.892. The van der Waals surface area contributed by atoms with Gasteiger partial charge >= 0.3 is 0 Å². The van der Waals surface area contributed by atoms with Crippen molar-refractivity contribution >= 4 is 33.6 Å². The van der Waals surface area contributed by atoms with Crippen molar-refractivity contribution in [3.63, 3.8) is 0 Å². The fourth-order valence-corrected chi connectivity index (χ4v) is 2.35. The SMILES string of the molecule is O=C(Nc1ccc(Br)cc1)c1n[nH]c2c1C=CCC2. The molecule has 1 aliphatic carbocycles. The van der Waals surface area contributed by atoms with Crippen LogP contribution in [0.3, 0.4) is 0 Å². The Balaban J connectivity index is 1.83. The average molecular weight is 318 g/mol. The van der Waals surface area contributed by atoms with E-state index in [4.69, 9.17) is 0 Å². The maximum Gasteiger partial charge on any atom is 0.276 e. The van der Waals surface area contributed by atoms with Crippen LogP contribution in [0.15, 0.2) is 34.8 Å². The van der Waals surface area contributed by atoms with Crippen LogP contribution < -0.4 is 5.32 Å². The first-order valence-electron chi connectivity index (χ1n) is 6.05. The van der Waals surface area contributed by atoms with Crippen molar-refractivity contribution in [2.45, 2.75) is 12.8 Å². The molecule has 1 aromatic heterocycles. The number of nitrogens with zero attached hydrogens (tertiary/aromatic N) is 1. The molecule has 0 spiro atoms. The molecule has 1 amide bonds.